The molecule has 0 spiro atoms. The van der Waals surface area contributed by atoms with Crippen molar-refractivity contribution in [3.63, 3.8) is 0 Å². The minimum atomic E-state index is 0.427. The average Bonchev–Trinajstić information content (AvgIpc) is 3.06. The summed E-state index contributed by atoms with van der Waals surface area (Å²) in [4.78, 5) is 9.60. The van der Waals surface area contributed by atoms with Crippen LogP contribution in [0.1, 0.15) is 32.3 Å². The van der Waals surface area contributed by atoms with Crippen LogP contribution < -0.4 is 5.32 Å². The van der Waals surface area contributed by atoms with E-state index in [1.165, 1.54) is 18.4 Å². The van der Waals surface area contributed by atoms with Crippen molar-refractivity contribution in [3.05, 3.63) is 35.9 Å². The molecule has 122 valence electrons. The highest BCUT2D eigenvalue weighted by molar-refractivity contribution is 5.80. The van der Waals surface area contributed by atoms with Crippen LogP contribution in [-0.4, -0.2) is 55.0 Å². The quantitative estimate of drug-likeness (QED) is 0.647. The Hall–Kier alpha value is -1.55. The second-order valence-corrected chi connectivity index (χ2v) is 6.14. The fraction of sp³-hybridized carbons (Fsp3) is 0.611. The Morgan fingerprint density at radius 2 is 1.95 bits per heavy atom. The van der Waals surface area contributed by atoms with E-state index in [0.29, 0.717) is 6.04 Å². The third-order valence-electron chi connectivity index (χ3n) is 4.27. The first kappa shape index (κ1) is 16.8. The Morgan fingerprint density at radius 3 is 2.59 bits per heavy atom. The van der Waals surface area contributed by atoms with Crippen LogP contribution >= 0.6 is 0 Å². The van der Waals surface area contributed by atoms with Crippen molar-refractivity contribution in [1.29, 1.82) is 0 Å². The molecule has 1 fully saturated rings. The predicted molar refractivity (Wildman–Crippen MR) is 94.2 cm³/mol. The first-order valence-corrected chi connectivity index (χ1v) is 8.48. The Balaban J connectivity index is 1.88. The molecule has 22 heavy (non-hydrogen) atoms. The minimum absolute atomic E-state index is 0.427. The van der Waals surface area contributed by atoms with Crippen molar-refractivity contribution in [2.45, 2.75) is 39.3 Å². The van der Waals surface area contributed by atoms with Gasteiger partial charge in [-0.2, -0.15) is 0 Å². The lowest BCUT2D eigenvalue weighted by atomic mass is 10.2. The molecule has 1 aromatic carbocycles. The summed E-state index contributed by atoms with van der Waals surface area (Å²) in [7, 11) is 2.18. The summed E-state index contributed by atoms with van der Waals surface area (Å²) in [5, 5.41) is 3.43. The maximum atomic E-state index is 4.85. The summed E-state index contributed by atoms with van der Waals surface area (Å²) >= 11 is 0. The molecular weight excluding hydrogens is 272 g/mol. The molecule has 0 amide bonds. The molecule has 1 N–H and O–H groups in total. The Kier molecular flexibility index (Phi) is 6.72. The lowest BCUT2D eigenvalue weighted by molar-refractivity contribution is 0.254. The van der Waals surface area contributed by atoms with E-state index < -0.39 is 0 Å². The van der Waals surface area contributed by atoms with E-state index in [2.05, 4.69) is 66.3 Å². The number of likely N-dealkylation sites (tertiary alicyclic amines) is 1. The van der Waals surface area contributed by atoms with Gasteiger partial charge in [0, 0.05) is 32.2 Å². The summed E-state index contributed by atoms with van der Waals surface area (Å²) in [5.41, 5.74) is 1.35. The molecule has 0 bridgehead atoms. The monoisotopic (exact) mass is 302 g/mol. The first-order chi connectivity index (χ1) is 10.7. The third kappa shape index (κ3) is 5.02. The summed E-state index contributed by atoms with van der Waals surface area (Å²) in [5.74, 6) is 1.08. The van der Waals surface area contributed by atoms with Crippen LogP contribution in [0.5, 0.6) is 0 Å². The zero-order valence-corrected chi connectivity index (χ0v) is 14.3. The molecule has 1 unspecified atom stereocenters. The van der Waals surface area contributed by atoms with E-state index >= 15 is 0 Å². The standard InChI is InChI=1S/C18H30N4/c1-4-19-18(22-12-8-9-13-22)20-14-16(2)21(3)15-17-10-6-5-7-11-17/h5-7,10-11,16H,4,8-9,12-15H2,1-3H3,(H,19,20). The fourth-order valence-corrected chi connectivity index (χ4v) is 2.74. The Labute approximate surface area is 135 Å². The second-order valence-electron chi connectivity index (χ2n) is 6.14. The Morgan fingerprint density at radius 1 is 1.27 bits per heavy atom. The lowest BCUT2D eigenvalue weighted by Gasteiger charge is -2.25. The molecule has 1 aliphatic heterocycles. The molecule has 1 atom stereocenters. The molecule has 4 heteroatoms. The van der Waals surface area contributed by atoms with E-state index in [1.54, 1.807) is 0 Å². The minimum Gasteiger partial charge on any atom is -0.357 e. The van der Waals surface area contributed by atoms with Crippen LogP contribution in [0.4, 0.5) is 0 Å². The van der Waals surface area contributed by atoms with Crippen LogP contribution in [0, 0.1) is 0 Å². The molecule has 0 aromatic heterocycles. The molecule has 2 rings (SSSR count). The highest BCUT2D eigenvalue weighted by atomic mass is 15.3. The maximum Gasteiger partial charge on any atom is 0.193 e. The topological polar surface area (TPSA) is 30.9 Å². The normalized spacial score (nSPS) is 17.1. The van der Waals surface area contributed by atoms with E-state index in [-0.39, 0.29) is 0 Å². The van der Waals surface area contributed by atoms with Crippen LogP contribution in [0.15, 0.2) is 35.3 Å². The van der Waals surface area contributed by atoms with Gasteiger partial charge in [-0.25, -0.2) is 0 Å². The van der Waals surface area contributed by atoms with Crippen LogP contribution in [0.3, 0.4) is 0 Å². The smallest absolute Gasteiger partial charge is 0.193 e. The number of nitrogens with one attached hydrogen (secondary N) is 1. The number of aliphatic imine (C=N–C) groups is 1. The van der Waals surface area contributed by atoms with Gasteiger partial charge in [-0.3, -0.25) is 9.89 Å². The summed E-state index contributed by atoms with van der Waals surface area (Å²) < 4.78 is 0. The van der Waals surface area contributed by atoms with Crippen LogP contribution in [-0.2, 0) is 6.54 Å². The van der Waals surface area contributed by atoms with Gasteiger partial charge in [0.1, 0.15) is 0 Å². The number of benzene rings is 1. The van der Waals surface area contributed by atoms with E-state index in [0.717, 1.165) is 38.7 Å². The van der Waals surface area contributed by atoms with E-state index in [9.17, 15) is 0 Å². The highest BCUT2D eigenvalue weighted by Gasteiger charge is 2.16. The van der Waals surface area contributed by atoms with Crippen LogP contribution in [0.2, 0.25) is 0 Å². The molecule has 0 radical (unpaired) electrons. The molecule has 4 nitrogen and oxygen atoms in total. The van der Waals surface area contributed by atoms with Crippen molar-refractivity contribution in [2.75, 3.05) is 33.2 Å². The van der Waals surface area contributed by atoms with Crippen molar-refractivity contribution in [2.24, 2.45) is 4.99 Å². The van der Waals surface area contributed by atoms with Gasteiger partial charge in [-0.05, 0) is 39.3 Å². The summed E-state index contributed by atoms with van der Waals surface area (Å²) in [6, 6.07) is 11.1. The molecule has 1 saturated heterocycles. The largest absolute Gasteiger partial charge is 0.357 e. The number of rotatable bonds is 6. The summed E-state index contributed by atoms with van der Waals surface area (Å²) in [6.07, 6.45) is 2.57. The van der Waals surface area contributed by atoms with Gasteiger partial charge in [0.2, 0.25) is 0 Å². The maximum absolute atomic E-state index is 4.85. The molecule has 1 aliphatic rings. The van der Waals surface area contributed by atoms with E-state index in [1.807, 2.05) is 0 Å². The zero-order chi connectivity index (χ0) is 15.8. The van der Waals surface area contributed by atoms with Gasteiger partial charge in [0.05, 0.1) is 6.54 Å². The number of hydrogen-bond acceptors (Lipinski definition) is 2. The predicted octanol–water partition coefficient (Wildman–Crippen LogP) is 2.57. The van der Waals surface area contributed by atoms with Crippen molar-refractivity contribution in [3.8, 4) is 0 Å². The Bertz CT molecular complexity index is 451. The van der Waals surface area contributed by atoms with Gasteiger partial charge in [0.15, 0.2) is 5.96 Å². The van der Waals surface area contributed by atoms with Gasteiger partial charge in [-0.15, -0.1) is 0 Å². The molecule has 1 aromatic rings. The van der Waals surface area contributed by atoms with Gasteiger partial charge in [0.25, 0.3) is 0 Å². The molecular formula is C18H30N4. The van der Waals surface area contributed by atoms with Gasteiger partial charge in [-0.1, -0.05) is 30.3 Å². The average molecular weight is 302 g/mol. The van der Waals surface area contributed by atoms with Gasteiger partial charge >= 0.3 is 0 Å². The zero-order valence-electron chi connectivity index (χ0n) is 14.3. The number of guanidine groups is 1. The summed E-state index contributed by atoms with van der Waals surface area (Å²) in [6.45, 7) is 9.40. The second kappa shape index (κ2) is 8.79. The van der Waals surface area contributed by atoms with Gasteiger partial charge < -0.3 is 10.2 Å². The molecule has 0 saturated carbocycles. The lowest BCUT2D eigenvalue weighted by Crippen LogP contribution is -2.41. The van der Waals surface area contributed by atoms with Crippen molar-refractivity contribution >= 4 is 5.96 Å². The number of nitrogens with zero attached hydrogens (tertiary/aromatic N) is 3. The third-order valence-corrected chi connectivity index (χ3v) is 4.27. The molecule has 0 aliphatic carbocycles. The van der Waals surface area contributed by atoms with Crippen molar-refractivity contribution in [1.82, 2.24) is 15.1 Å². The molecule has 1 heterocycles. The van der Waals surface area contributed by atoms with Crippen molar-refractivity contribution < 1.29 is 0 Å². The van der Waals surface area contributed by atoms with Crippen LogP contribution in [0.25, 0.3) is 0 Å². The highest BCUT2D eigenvalue weighted by Crippen LogP contribution is 2.09. The van der Waals surface area contributed by atoms with E-state index in [4.69, 9.17) is 4.99 Å². The fourth-order valence-electron chi connectivity index (χ4n) is 2.74. The number of hydrogen-bond donors (Lipinski definition) is 1. The first-order valence-electron chi connectivity index (χ1n) is 8.48. The number of likely N-dealkylation sites (N-methyl/N-ethyl adjacent to an activating group) is 1. The SMILES string of the molecule is CCNC(=NCC(C)N(C)Cc1ccccc1)N1CCCC1.